The highest BCUT2D eigenvalue weighted by Gasteiger charge is 2.44. The van der Waals surface area contributed by atoms with Gasteiger partial charge in [0.15, 0.2) is 24.2 Å². The van der Waals surface area contributed by atoms with Crippen molar-refractivity contribution in [1.29, 1.82) is 0 Å². The van der Waals surface area contributed by atoms with E-state index in [1.54, 1.807) is 55.4 Å². The van der Waals surface area contributed by atoms with E-state index in [9.17, 15) is 73.2 Å². The minimum Gasteiger partial charge on any atom is -0.453 e. The Balaban J connectivity index is 3.13. The van der Waals surface area contributed by atoms with E-state index in [1.807, 2.05) is 10.6 Å². The quantitative estimate of drug-likeness (QED) is 0.0223. The summed E-state index contributed by atoms with van der Waals surface area (Å²) in [6, 6.07) is -10.8. The number of ether oxygens (including phenoxy) is 1. The van der Waals surface area contributed by atoms with Crippen molar-refractivity contribution >= 4 is 76.9 Å². The van der Waals surface area contributed by atoms with Crippen LogP contribution in [0, 0.1) is 29.6 Å². The lowest BCUT2D eigenvalue weighted by Crippen LogP contribution is -2.64. The molecule has 1 saturated heterocycles. The maximum absolute atomic E-state index is 15.3. The van der Waals surface area contributed by atoms with Gasteiger partial charge in [0, 0.05) is 6.54 Å². The van der Waals surface area contributed by atoms with E-state index in [4.69, 9.17) is 27.7 Å². The van der Waals surface area contributed by atoms with Crippen molar-refractivity contribution in [3.63, 3.8) is 0 Å². The van der Waals surface area contributed by atoms with Crippen molar-refractivity contribution < 1.29 is 82.7 Å². The highest BCUT2D eigenvalue weighted by molar-refractivity contribution is 6.00. The highest BCUT2D eigenvalue weighted by Crippen LogP contribution is 2.25. The molecule has 1 aromatic carbocycles. The topological polar surface area (TPSA) is 532 Å². The lowest BCUT2D eigenvalue weighted by molar-refractivity contribution is -0.159. The van der Waals surface area contributed by atoms with Crippen molar-refractivity contribution in [2.24, 2.45) is 57.5 Å². The molecule has 0 aliphatic carbocycles. The van der Waals surface area contributed by atoms with Gasteiger partial charge < -0.3 is 101 Å². The molecule has 1 heterocycles. The van der Waals surface area contributed by atoms with E-state index < -0.39 is 187 Å². The molecule has 0 saturated carbocycles. The fraction of sp³-hybridized carbons (Fsp3) is 0.667. The molecule has 1 fully saturated rings. The summed E-state index contributed by atoms with van der Waals surface area (Å²) in [7, 11) is 0. The van der Waals surface area contributed by atoms with Gasteiger partial charge in [-0.05, 0) is 67.8 Å². The lowest BCUT2D eigenvalue weighted by Gasteiger charge is -2.34. The second kappa shape index (κ2) is 37.1. The molecular weight excluding hydrogens is 1170 g/mol. The molecule has 32 heteroatoms. The predicted molar refractivity (Wildman–Crippen MR) is 322 cm³/mol. The van der Waals surface area contributed by atoms with E-state index in [2.05, 4.69) is 47.5 Å². The number of nitrogens with two attached hydrogens (primary N) is 4. The molecule has 500 valence electrons. The minimum absolute atomic E-state index is 0.0465. The van der Waals surface area contributed by atoms with Gasteiger partial charge in [-0.15, -0.1) is 0 Å². The van der Waals surface area contributed by atoms with Crippen LogP contribution in [-0.4, -0.2) is 196 Å². The number of hydrogen-bond donors (Lipinski definition) is 18. The molecule has 1 aliphatic heterocycles. The van der Waals surface area contributed by atoms with Crippen LogP contribution in [0.4, 0.5) is 0 Å². The number of primary amides is 1. The molecule has 32 nitrogen and oxygen atoms in total. The second-order valence-corrected chi connectivity index (χ2v) is 23.6. The Hall–Kier alpha value is -8.07. The third-order valence-corrected chi connectivity index (χ3v) is 14.4. The normalized spacial score (nSPS) is 24.9. The van der Waals surface area contributed by atoms with Crippen LogP contribution in [-0.2, 0) is 62.3 Å². The summed E-state index contributed by atoms with van der Waals surface area (Å²) in [6.07, 6.45) is -8.25. The Morgan fingerprint density at radius 2 is 1.20 bits per heavy atom. The second-order valence-electron chi connectivity index (χ2n) is 23.6. The van der Waals surface area contributed by atoms with Crippen LogP contribution in [0.2, 0.25) is 0 Å². The van der Waals surface area contributed by atoms with E-state index in [1.165, 1.54) is 44.2 Å². The number of rotatable bonds is 22. The minimum atomic E-state index is -2.57. The van der Waals surface area contributed by atoms with Gasteiger partial charge in [-0.2, -0.15) is 0 Å². The fourth-order valence-electron chi connectivity index (χ4n) is 8.93. The smallest absolute Gasteiger partial charge is 0.331 e. The fourth-order valence-corrected chi connectivity index (χ4v) is 8.93. The van der Waals surface area contributed by atoms with Gasteiger partial charge in [0.05, 0.1) is 31.4 Å². The molecule has 0 radical (unpaired) electrons. The van der Waals surface area contributed by atoms with Gasteiger partial charge in [0.1, 0.15) is 48.3 Å². The summed E-state index contributed by atoms with van der Waals surface area (Å²) in [6.45, 7) is 15.0. The van der Waals surface area contributed by atoms with Crippen LogP contribution < -0.4 is 76.1 Å². The predicted octanol–water partition coefficient (Wildman–Crippen LogP) is -5.82. The summed E-state index contributed by atoms with van der Waals surface area (Å²) >= 11 is 0. The number of aliphatic hydroxyl groups is 4. The Bertz CT molecular complexity index is 2620. The monoisotopic (exact) mass is 1260 g/mol. The Morgan fingerprint density at radius 3 is 1.73 bits per heavy atom. The zero-order chi connectivity index (χ0) is 67.7. The van der Waals surface area contributed by atoms with Crippen LogP contribution >= 0.6 is 0 Å². The SMILES string of the molecule is CC[C@H](C)C1NC(=O)[C@@H](CCCN=C(N)N)NC(=O)[C@H](CC(C)C)NC(=O)[C@H]([C@H](O)C(C)C)NC(=O)[C@@H](NC(=O)[C@H](CC(C)C)NC(=O)[C@H](N)C(C)C)[C@@H](c2ccccc2)OC(=O)[C@H](CO)NC(=O)[C@H]([C@H](O)C(N)=O)NC(=O)CNC(=O)C([C@H](C)O)NC1=O. The Kier molecular flexibility index (Phi) is 32.1. The first-order chi connectivity index (χ1) is 41.6. The summed E-state index contributed by atoms with van der Waals surface area (Å²) < 4.78 is 5.91. The summed E-state index contributed by atoms with van der Waals surface area (Å²) in [5, 5.41) is 67.9. The third-order valence-electron chi connectivity index (χ3n) is 14.4. The van der Waals surface area contributed by atoms with Gasteiger partial charge in [-0.3, -0.25) is 57.7 Å². The number of esters is 1. The highest BCUT2D eigenvalue weighted by atomic mass is 16.5. The summed E-state index contributed by atoms with van der Waals surface area (Å²) in [5.74, 6) is -17.6. The van der Waals surface area contributed by atoms with Crippen molar-refractivity contribution in [2.45, 2.75) is 193 Å². The van der Waals surface area contributed by atoms with Crippen molar-refractivity contribution in [1.82, 2.24) is 53.2 Å². The first-order valence-electron chi connectivity index (χ1n) is 29.6. The molecule has 1 aliphatic rings. The number of amides is 11. The molecular formula is C57H95N15O17. The number of carbonyl (C=O) groups is 12. The van der Waals surface area contributed by atoms with Crippen LogP contribution in [0.15, 0.2) is 35.3 Å². The molecule has 2 unspecified atom stereocenters. The standard InChI is InChI=1S/C57H95N15O17/c1-12-29(10)38-52(84)70-39(30(11)74)51(83)63-23-36(75)68-41(44(77)46(59)78)54(86)67-35(24-73)56(88)89-45(31-17-14-13-15-18-31)42(72-49(81)34(22-26(4)5)65-50(82)37(58)27(6)7)55(87)71-40(43(76)28(8)9)53(85)66-33(21-25(2)3)48(80)64-32(47(79)69-38)19-16-20-62-57(60)61/h13-15,17-18,25-30,32-35,37-45,73-74,76-77H,12,16,19-24,58H2,1-11H3,(H2,59,78)(H,63,83)(H,64,80)(H,65,82)(H,66,85)(H,67,86)(H,68,75)(H,69,79)(H,70,84)(H,71,87)(H,72,81)(H4,60,61,62)/t29-,30-,32+,33-,34-,35-,37+,38?,39?,40-,41-,42-,43+,44-,45+/m0/s1. The van der Waals surface area contributed by atoms with Gasteiger partial charge in [-0.25, -0.2) is 4.79 Å². The number of nitrogens with one attached hydrogen (secondary N) is 10. The van der Waals surface area contributed by atoms with Gasteiger partial charge in [-0.1, -0.05) is 106 Å². The first-order valence-corrected chi connectivity index (χ1v) is 29.6. The number of aliphatic imine (C=N–C) groups is 1. The molecule has 22 N–H and O–H groups in total. The van der Waals surface area contributed by atoms with E-state index in [0.717, 1.165) is 6.92 Å². The molecule has 2 rings (SSSR count). The van der Waals surface area contributed by atoms with E-state index in [0.29, 0.717) is 0 Å². The molecule has 89 heavy (non-hydrogen) atoms. The number of cyclic esters (lactones) is 1. The van der Waals surface area contributed by atoms with E-state index in [-0.39, 0.29) is 62.0 Å². The van der Waals surface area contributed by atoms with Crippen molar-refractivity contribution in [3.8, 4) is 0 Å². The van der Waals surface area contributed by atoms with Crippen LogP contribution in [0.1, 0.15) is 120 Å². The molecule has 15 atom stereocenters. The van der Waals surface area contributed by atoms with Crippen LogP contribution in [0.5, 0.6) is 0 Å². The molecule has 1 aromatic rings. The molecule has 0 aromatic heterocycles. The van der Waals surface area contributed by atoms with Crippen LogP contribution in [0.25, 0.3) is 0 Å². The average Bonchev–Trinajstić information content (AvgIpc) is 2.17. The number of hydrogen-bond acceptors (Lipinski definition) is 19. The maximum Gasteiger partial charge on any atom is 0.331 e. The van der Waals surface area contributed by atoms with Gasteiger partial charge >= 0.3 is 5.97 Å². The van der Waals surface area contributed by atoms with Gasteiger partial charge in [0.2, 0.25) is 65.0 Å². The summed E-state index contributed by atoms with van der Waals surface area (Å²) in [4.78, 5) is 173. The Labute approximate surface area is 517 Å². The zero-order valence-corrected chi connectivity index (χ0v) is 52.4. The van der Waals surface area contributed by atoms with E-state index >= 15 is 4.79 Å². The van der Waals surface area contributed by atoms with Gasteiger partial charge in [0.25, 0.3) is 0 Å². The average molecular weight is 1260 g/mol. The molecule has 0 spiro atoms. The Morgan fingerprint density at radius 1 is 0.652 bits per heavy atom. The number of carbonyl (C=O) groups excluding carboxylic acids is 12. The van der Waals surface area contributed by atoms with Crippen LogP contribution in [0.3, 0.4) is 0 Å². The number of benzene rings is 1. The number of guanidine groups is 1. The lowest BCUT2D eigenvalue weighted by atomic mass is 9.95. The first kappa shape index (κ1) is 77.0. The third kappa shape index (κ3) is 24.8. The van der Waals surface area contributed by atoms with Crippen molar-refractivity contribution in [3.05, 3.63) is 35.9 Å². The number of nitrogens with zero attached hydrogens (tertiary/aromatic N) is 1. The zero-order valence-electron chi connectivity index (χ0n) is 52.4. The summed E-state index contributed by atoms with van der Waals surface area (Å²) in [5.41, 5.74) is 22.5. The maximum atomic E-state index is 15.3. The largest absolute Gasteiger partial charge is 0.453 e. The molecule has 11 amide bonds. The molecule has 0 bridgehead atoms. The van der Waals surface area contributed by atoms with Crippen molar-refractivity contribution in [2.75, 3.05) is 19.7 Å². The number of aliphatic hydroxyl groups excluding tert-OH is 4.